The molecule has 0 saturated carbocycles. The Hall–Kier alpha value is -1.16. The Bertz CT molecular complexity index is 1190. The zero-order valence-corrected chi connectivity index (χ0v) is 41.7. The Morgan fingerprint density at radius 1 is 0.609 bits per heavy atom. The maximum Gasteiger partial charge on any atom is 0.397 e. The fraction of sp³-hybridized carbons (Fsp3) is 0.941. The summed E-state index contributed by atoms with van der Waals surface area (Å²) < 4.78 is 47.8. The molecule has 0 radical (unpaired) electrons. The molecule has 7 unspecified atom stereocenters. The molecule has 6 N–H and O–H groups in total. The van der Waals surface area contributed by atoms with Gasteiger partial charge in [-0.25, -0.2) is 4.18 Å². The summed E-state index contributed by atoms with van der Waals surface area (Å²) in [4.78, 5) is 13.1. The highest BCUT2D eigenvalue weighted by molar-refractivity contribution is 7.80. The number of nitrogens with one attached hydrogen (secondary N) is 1. The first kappa shape index (κ1) is 60.9. The number of aliphatic hydroxyl groups excluding tert-OH is 4. The number of aliphatic hydroxyl groups is 4. The van der Waals surface area contributed by atoms with E-state index in [2.05, 4.69) is 35.5 Å². The smallest absolute Gasteiger partial charge is 0.394 e. The molecule has 64 heavy (non-hydrogen) atoms. The van der Waals surface area contributed by atoms with E-state index in [1.807, 2.05) is 0 Å². The molecule has 0 bridgehead atoms. The third kappa shape index (κ3) is 34.2. The lowest BCUT2D eigenvalue weighted by Gasteiger charge is -2.41. The van der Waals surface area contributed by atoms with Crippen LogP contribution in [0.3, 0.4) is 0 Å². The number of rotatable bonds is 46. The standard InChI is InChI=1S/C51H99NO11S/c1-3-5-7-9-11-13-15-17-18-19-20-21-22-23-24-25-26-27-29-30-32-34-36-38-40-45(54)44(43-61-51-49(57)50(63-64(58,59)60)48(56)46(42-53)62-51)52-47(55)41-39-37-35-33-31-28-16-14-12-10-8-6-4-2/h28,31,44-46,48-51,53-54,56-57H,3-27,29-30,32-43H2,1-2H3,(H,52,55)(H,58,59,60)/b31-28-. The molecular formula is C51H99NO11S. The van der Waals surface area contributed by atoms with E-state index < -0.39 is 59.9 Å². The zero-order valence-electron chi connectivity index (χ0n) is 40.9. The van der Waals surface area contributed by atoms with E-state index in [4.69, 9.17) is 9.47 Å². The number of carbonyl (C=O) groups excluding carboxylic acids is 1. The summed E-state index contributed by atoms with van der Waals surface area (Å²) in [6, 6.07) is -0.863. The van der Waals surface area contributed by atoms with Crippen LogP contribution in [0, 0.1) is 0 Å². The molecule has 0 aromatic heterocycles. The number of allylic oxidation sites excluding steroid dienone is 2. The van der Waals surface area contributed by atoms with Crippen molar-refractivity contribution >= 4 is 16.3 Å². The van der Waals surface area contributed by atoms with Crippen molar-refractivity contribution in [2.24, 2.45) is 0 Å². The van der Waals surface area contributed by atoms with Gasteiger partial charge in [0.1, 0.15) is 24.4 Å². The number of amides is 1. The van der Waals surface area contributed by atoms with E-state index >= 15 is 0 Å². The summed E-state index contributed by atoms with van der Waals surface area (Å²) in [5, 5.41) is 45.0. The first-order chi connectivity index (χ1) is 31.0. The summed E-state index contributed by atoms with van der Waals surface area (Å²) in [5.41, 5.74) is 0. The molecule has 1 saturated heterocycles. The van der Waals surface area contributed by atoms with E-state index in [1.54, 1.807) is 0 Å². The minimum atomic E-state index is -5.08. The SMILES string of the molecule is CCCCCCCC/C=C\CCCCCC(=O)NC(COC1OC(CO)C(O)C(OS(=O)(=O)O)C1O)C(O)CCCCCCCCCCCCCCCCCCCCCCCCCC. The fourth-order valence-electron chi connectivity index (χ4n) is 8.69. The molecule has 1 heterocycles. The van der Waals surface area contributed by atoms with Crippen molar-refractivity contribution < 1.29 is 51.8 Å². The molecule has 1 amide bonds. The second kappa shape index (κ2) is 42.0. The number of hydrogen-bond donors (Lipinski definition) is 6. The van der Waals surface area contributed by atoms with Crippen LogP contribution in [0.25, 0.3) is 0 Å². The van der Waals surface area contributed by atoms with Crippen molar-refractivity contribution in [2.45, 2.75) is 294 Å². The van der Waals surface area contributed by atoms with Gasteiger partial charge in [0.2, 0.25) is 5.91 Å². The van der Waals surface area contributed by atoms with Crippen LogP contribution in [-0.4, -0.2) is 95.4 Å². The third-order valence-electron chi connectivity index (χ3n) is 12.8. The predicted molar refractivity (Wildman–Crippen MR) is 259 cm³/mol. The minimum absolute atomic E-state index is 0.243. The quantitative estimate of drug-likeness (QED) is 0.0193. The normalized spacial score (nSPS) is 20.3. The maximum atomic E-state index is 13.1. The molecule has 1 aliphatic heterocycles. The molecule has 1 fully saturated rings. The van der Waals surface area contributed by atoms with E-state index in [1.165, 1.54) is 167 Å². The molecule has 1 rings (SSSR count). The van der Waals surface area contributed by atoms with Gasteiger partial charge in [0, 0.05) is 6.42 Å². The Kier molecular flexibility index (Phi) is 39.9. The summed E-state index contributed by atoms with van der Waals surface area (Å²) in [6.07, 6.45) is 39.4. The number of carbonyl (C=O) groups is 1. The van der Waals surface area contributed by atoms with E-state index in [-0.39, 0.29) is 18.9 Å². The van der Waals surface area contributed by atoms with Crippen LogP contribution in [0.1, 0.15) is 251 Å². The highest BCUT2D eigenvalue weighted by Crippen LogP contribution is 2.26. The van der Waals surface area contributed by atoms with Crippen molar-refractivity contribution in [1.29, 1.82) is 0 Å². The van der Waals surface area contributed by atoms with Gasteiger partial charge in [-0.2, -0.15) is 8.42 Å². The van der Waals surface area contributed by atoms with Crippen molar-refractivity contribution in [2.75, 3.05) is 13.2 Å². The van der Waals surface area contributed by atoms with Crippen LogP contribution in [-0.2, 0) is 28.9 Å². The van der Waals surface area contributed by atoms with Gasteiger partial charge in [0.15, 0.2) is 6.29 Å². The van der Waals surface area contributed by atoms with Crippen LogP contribution < -0.4 is 5.32 Å². The lowest BCUT2D eigenvalue weighted by Crippen LogP contribution is -2.61. The van der Waals surface area contributed by atoms with Crippen molar-refractivity contribution in [3.63, 3.8) is 0 Å². The number of ether oxygens (including phenoxy) is 2. The Morgan fingerprint density at radius 2 is 1.00 bits per heavy atom. The van der Waals surface area contributed by atoms with Gasteiger partial charge in [-0.15, -0.1) is 0 Å². The van der Waals surface area contributed by atoms with Crippen LogP contribution in [0.4, 0.5) is 0 Å². The lowest BCUT2D eigenvalue weighted by atomic mass is 9.99. The average Bonchev–Trinajstić information content (AvgIpc) is 3.27. The minimum Gasteiger partial charge on any atom is -0.394 e. The fourth-order valence-corrected chi connectivity index (χ4v) is 9.20. The molecule has 1 aliphatic rings. The van der Waals surface area contributed by atoms with Crippen molar-refractivity contribution in [3.8, 4) is 0 Å². The van der Waals surface area contributed by atoms with Crippen LogP contribution in [0.15, 0.2) is 12.2 Å². The molecular weight excluding hydrogens is 835 g/mol. The molecule has 12 nitrogen and oxygen atoms in total. The number of unbranched alkanes of at least 4 members (excludes halogenated alkanes) is 32. The second-order valence-corrected chi connectivity index (χ2v) is 19.9. The molecule has 380 valence electrons. The van der Waals surface area contributed by atoms with Gasteiger partial charge in [-0.3, -0.25) is 9.35 Å². The Labute approximate surface area is 391 Å². The van der Waals surface area contributed by atoms with Crippen LogP contribution in [0.2, 0.25) is 0 Å². The summed E-state index contributed by atoms with van der Waals surface area (Å²) in [7, 11) is -5.08. The summed E-state index contributed by atoms with van der Waals surface area (Å²) >= 11 is 0. The van der Waals surface area contributed by atoms with E-state index in [0.29, 0.717) is 12.8 Å². The highest BCUT2D eigenvalue weighted by atomic mass is 32.3. The molecule has 0 aliphatic carbocycles. The van der Waals surface area contributed by atoms with Crippen molar-refractivity contribution in [3.05, 3.63) is 12.2 Å². The summed E-state index contributed by atoms with van der Waals surface area (Å²) in [5.74, 6) is -0.243. The van der Waals surface area contributed by atoms with E-state index in [9.17, 15) is 38.2 Å². The zero-order chi connectivity index (χ0) is 46.9. The van der Waals surface area contributed by atoms with Gasteiger partial charge >= 0.3 is 10.4 Å². The first-order valence-corrected chi connectivity index (χ1v) is 27.9. The Balaban J connectivity index is 2.37. The molecule has 7 atom stereocenters. The maximum absolute atomic E-state index is 13.1. The highest BCUT2D eigenvalue weighted by Gasteiger charge is 2.48. The van der Waals surface area contributed by atoms with Crippen LogP contribution >= 0.6 is 0 Å². The lowest BCUT2D eigenvalue weighted by molar-refractivity contribution is -0.298. The van der Waals surface area contributed by atoms with Gasteiger partial charge in [-0.1, -0.05) is 219 Å². The first-order valence-electron chi connectivity index (χ1n) is 26.6. The number of hydrogen-bond acceptors (Lipinski definition) is 10. The monoisotopic (exact) mass is 934 g/mol. The van der Waals surface area contributed by atoms with E-state index in [0.717, 1.165) is 51.4 Å². The Morgan fingerprint density at radius 3 is 1.41 bits per heavy atom. The summed E-state index contributed by atoms with van der Waals surface area (Å²) in [6.45, 7) is 3.45. The predicted octanol–water partition coefficient (Wildman–Crippen LogP) is 11.5. The van der Waals surface area contributed by atoms with Gasteiger partial charge in [-0.05, 0) is 38.5 Å². The average molecular weight is 934 g/mol. The second-order valence-electron chi connectivity index (χ2n) is 18.8. The third-order valence-corrected chi connectivity index (χ3v) is 13.3. The molecule has 0 aromatic carbocycles. The largest absolute Gasteiger partial charge is 0.397 e. The van der Waals surface area contributed by atoms with Gasteiger partial charge < -0.3 is 35.2 Å². The molecule has 0 aromatic rings. The van der Waals surface area contributed by atoms with Crippen molar-refractivity contribution in [1.82, 2.24) is 5.32 Å². The van der Waals surface area contributed by atoms with Gasteiger partial charge in [0.05, 0.1) is 25.4 Å². The van der Waals surface area contributed by atoms with Gasteiger partial charge in [0.25, 0.3) is 0 Å². The van der Waals surface area contributed by atoms with Crippen LogP contribution in [0.5, 0.6) is 0 Å². The topological polar surface area (TPSA) is 192 Å². The molecule has 13 heteroatoms. The molecule has 0 spiro atoms.